The van der Waals surface area contributed by atoms with Crippen LogP contribution in [0.4, 0.5) is 11.5 Å². The van der Waals surface area contributed by atoms with Crippen molar-refractivity contribution in [2.75, 3.05) is 29.9 Å². The summed E-state index contributed by atoms with van der Waals surface area (Å²) in [5.74, 6) is 1.92. The van der Waals surface area contributed by atoms with Crippen LogP contribution >= 0.6 is 0 Å². The minimum absolute atomic E-state index is 0.112. The molecule has 1 aromatic heterocycles. The van der Waals surface area contributed by atoms with E-state index in [-0.39, 0.29) is 12.5 Å². The summed E-state index contributed by atoms with van der Waals surface area (Å²) in [7, 11) is 0. The van der Waals surface area contributed by atoms with E-state index in [1.165, 1.54) is 32.1 Å². The quantitative estimate of drug-likeness (QED) is 0.869. The molecule has 0 aromatic carbocycles. The fourth-order valence-corrected chi connectivity index (χ4v) is 3.93. The predicted octanol–water partition coefficient (Wildman–Crippen LogP) is 3.20. The number of hydrogen-bond acceptors (Lipinski definition) is 4. The number of piperidine rings is 1. The molecule has 0 bridgehead atoms. The van der Waals surface area contributed by atoms with Crippen LogP contribution in [0.3, 0.4) is 0 Å². The minimum Gasteiger partial charge on any atom is -0.396 e. The number of anilines is 2. The Kier molecular flexibility index (Phi) is 6.07. The molecule has 0 unspecified atom stereocenters. The van der Waals surface area contributed by atoms with Gasteiger partial charge in [-0.15, -0.1) is 0 Å². The second kappa shape index (κ2) is 8.47. The molecule has 132 valence electrons. The third-order valence-corrected chi connectivity index (χ3v) is 5.43. The van der Waals surface area contributed by atoms with Gasteiger partial charge in [0.25, 0.3) is 0 Å². The zero-order valence-corrected chi connectivity index (χ0v) is 14.4. The fourth-order valence-electron chi connectivity index (χ4n) is 3.93. The summed E-state index contributed by atoms with van der Waals surface area (Å²) in [6.45, 7) is 2.03. The molecular formula is C19H29N3O2. The van der Waals surface area contributed by atoms with E-state index in [9.17, 15) is 9.90 Å². The number of carbonyl (C=O) groups excluding carboxylic acids is 1. The van der Waals surface area contributed by atoms with Gasteiger partial charge in [-0.1, -0.05) is 19.3 Å². The minimum atomic E-state index is 0.112. The lowest BCUT2D eigenvalue weighted by Gasteiger charge is -2.33. The topological polar surface area (TPSA) is 65.5 Å². The van der Waals surface area contributed by atoms with Gasteiger partial charge in [-0.25, -0.2) is 4.98 Å². The van der Waals surface area contributed by atoms with E-state index in [1.807, 2.05) is 12.1 Å². The third-order valence-electron chi connectivity index (χ3n) is 5.43. The summed E-state index contributed by atoms with van der Waals surface area (Å²) < 4.78 is 0. The van der Waals surface area contributed by atoms with Crippen LogP contribution in [0.15, 0.2) is 18.3 Å². The number of hydrogen-bond donors (Lipinski definition) is 2. The smallest absolute Gasteiger partial charge is 0.224 e. The zero-order chi connectivity index (χ0) is 16.8. The van der Waals surface area contributed by atoms with Crippen molar-refractivity contribution in [3.63, 3.8) is 0 Å². The third kappa shape index (κ3) is 4.47. The Morgan fingerprint density at radius 3 is 2.62 bits per heavy atom. The van der Waals surface area contributed by atoms with E-state index in [1.54, 1.807) is 6.20 Å². The number of aliphatic hydroxyl groups is 1. The molecule has 0 spiro atoms. The summed E-state index contributed by atoms with van der Waals surface area (Å²) in [5.41, 5.74) is 0.820. The van der Waals surface area contributed by atoms with Crippen molar-refractivity contribution in [2.45, 2.75) is 51.4 Å². The molecule has 2 fully saturated rings. The standard InChI is InChI=1S/C19H29N3O2/c23-14-16-8-11-22(12-9-16)19-17(7-4-10-20-19)21-18(24)13-15-5-2-1-3-6-15/h4,7,10,15-16,23H,1-3,5-6,8-9,11-14H2,(H,21,24). The van der Waals surface area contributed by atoms with E-state index in [0.29, 0.717) is 18.3 Å². The van der Waals surface area contributed by atoms with Gasteiger partial charge in [0.15, 0.2) is 5.82 Å². The van der Waals surface area contributed by atoms with Crippen LogP contribution < -0.4 is 10.2 Å². The molecule has 2 aliphatic rings. The van der Waals surface area contributed by atoms with E-state index in [2.05, 4.69) is 15.2 Å². The number of nitrogens with one attached hydrogen (secondary N) is 1. The SMILES string of the molecule is O=C(CC1CCCCC1)Nc1cccnc1N1CCC(CO)CC1. The summed E-state index contributed by atoms with van der Waals surface area (Å²) in [4.78, 5) is 19.1. The molecule has 2 N–H and O–H groups in total. The van der Waals surface area contributed by atoms with Crippen molar-refractivity contribution < 1.29 is 9.90 Å². The van der Waals surface area contributed by atoms with Crippen LogP contribution in [0.1, 0.15) is 51.4 Å². The van der Waals surface area contributed by atoms with Crippen LogP contribution in [-0.2, 0) is 4.79 Å². The molecule has 24 heavy (non-hydrogen) atoms. The van der Waals surface area contributed by atoms with E-state index in [0.717, 1.165) is 37.4 Å². The highest BCUT2D eigenvalue weighted by Gasteiger charge is 2.23. The lowest BCUT2D eigenvalue weighted by atomic mass is 9.87. The van der Waals surface area contributed by atoms with Crippen molar-refractivity contribution in [3.05, 3.63) is 18.3 Å². The molecule has 2 heterocycles. The molecular weight excluding hydrogens is 302 g/mol. The number of rotatable bonds is 5. The van der Waals surface area contributed by atoms with Crippen LogP contribution in [0.5, 0.6) is 0 Å². The molecule has 1 saturated heterocycles. The Morgan fingerprint density at radius 2 is 1.92 bits per heavy atom. The maximum absolute atomic E-state index is 12.4. The normalized spacial score (nSPS) is 20.1. The Hall–Kier alpha value is -1.62. The molecule has 5 nitrogen and oxygen atoms in total. The van der Waals surface area contributed by atoms with Gasteiger partial charge < -0.3 is 15.3 Å². The summed E-state index contributed by atoms with van der Waals surface area (Å²) >= 11 is 0. The van der Waals surface area contributed by atoms with E-state index in [4.69, 9.17) is 0 Å². The zero-order valence-electron chi connectivity index (χ0n) is 14.4. The van der Waals surface area contributed by atoms with Crippen LogP contribution in [-0.4, -0.2) is 35.7 Å². The molecule has 5 heteroatoms. The maximum Gasteiger partial charge on any atom is 0.224 e. The Bertz CT molecular complexity index is 535. The van der Waals surface area contributed by atoms with Gasteiger partial charge in [-0.05, 0) is 49.7 Å². The summed E-state index contributed by atoms with van der Waals surface area (Å²) in [6.07, 6.45) is 10.6. The highest BCUT2D eigenvalue weighted by Crippen LogP contribution is 2.29. The van der Waals surface area contributed by atoms with Crippen LogP contribution in [0.25, 0.3) is 0 Å². The largest absolute Gasteiger partial charge is 0.396 e. The van der Waals surface area contributed by atoms with Gasteiger partial charge in [0.1, 0.15) is 0 Å². The molecule has 3 rings (SSSR count). The van der Waals surface area contributed by atoms with Gasteiger partial charge in [-0.3, -0.25) is 4.79 Å². The maximum atomic E-state index is 12.4. The molecule has 1 saturated carbocycles. The Balaban J connectivity index is 1.60. The van der Waals surface area contributed by atoms with Gasteiger partial charge in [-0.2, -0.15) is 0 Å². The van der Waals surface area contributed by atoms with E-state index >= 15 is 0 Å². The molecule has 0 atom stereocenters. The highest BCUT2D eigenvalue weighted by molar-refractivity contribution is 5.93. The lowest BCUT2D eigenvalue weighted by molar-refractivity contribution is -0.117. The lowest BCUT2D eigenvalue weighted by Crippen LogP contribution is -2.36. The van der Waals surface area contributed by atoms with Crippen molar-refractivity contribution in [3.8, 4) is 0 Å². The van der Waals surface area contributed by atoms with Gasteiger partial charge in [0.05, 0.1) is 5.69 Å². The average molecular weight is 331 g/mol. The molecule has 0 radical (unpaired) electrons. The number of aliphatic hydroxyl groups excluding tert-OH is 1. The first-order chi connectivity index (χ1) is 11.8. The van der Waals surface area contributed by atoms with Crippen LogP contribution in [0.2, 0.25) is 0 Å². The van der Waals surface area contributed by atoms with Crippen molar-refractivity contribution in [1.82, 2.24) is 4.98 Å². The molecule has 1 aromatic rings. The fraction of sp³-hybridized carbons (Fsp3) is 0.684. The molecule has 1 aliphatic heterocycles. The van der Waals surface area contributed by atoms with Crippen molar-refractivity contribution in [1.29, 1.82) is 0 Å². The summed E-state index contributed by atoms with van der Waals surface area (Å²) in [5, 5.41) is 12.4. The second-order valence-corrected chi connectivity index (χ2v) is 7.24. The van der Waals surface area contributed by atoms with Crippen molar-refractivity contribution in [2.24, 2.45) is 11.8 Å². The Labute approximate surface area is 144 Å². The number of pyridine rings is 1. The number of carbonyl (C=O) groups is 1. The second-order valence-electron chi connectivity index (χ2n) is 7.24. The van der Waals surface area contributed by atoms with Crippen LogP contribution in [0, 0.1) is 11.8 Å². The number of aromatic nitrogens is 1. The van der Waals surface area contributed by atoms with Gasteiger partial charge in [0, 0.05) is 32.3 Å². The predicted molar refractivity (Wildman–Crippen MR) is 96.1 cm³/mol. The molecule has 1 amide bonds. The van der Waals surface area contributed by atoms with Gasteiger partial charge >= 0.3 is 0 Å². The van der Waals surface area contributed by atoms with Gasteiger partial charge in [0.2, 0.25) is 5.91 Å². The highest BCUT2D eigenvalue weighted by atomic mass is 16.3. The first-order valence-electron chi connectivity index (χ1n) is 9.37. The number of amides is 1. The number of nitrogens with zero attached hydrogens (tertiary/aromatic N) is 2. The monoisotopic (exact) mass is 331 g/mol. The first kappa shape index (κ1) is 17.2. The first-order valence-corrected chi connectivity index (χ1v) is 9.37. The Morgan fingerprint density at radius 1 is 1.17 bits per heavy atom. The average Bonchev–Trinajstić information content (AvgIpc) is 2.63. The van der Waals surface area contributed by atoms with Crippen molar-refractivity contribution >= 4 is 17.4 Å². The summed E-state index contributed by atoms with van der Waals surface area (Å²) in [6, 6.07) is 3.82. The van der Waals surface area contributed by atoms with E-state index < -0.39 is 0 Å². The molecule has 1 aliphatic carbocycles.